The first-order valence-corrected chi connectivity index (χ1v) is 10.7. The van der Waals surface area contributed by atoms with Crippen molar-refractivity contribution in [2.45, 2.75) is 43.8 Å². The number of nitrogens with zero attached hydrogens (tertiary/aromatic N) is 4. The molecular formula is C21H28F6N4O6. The van der Waals surface area contributed by atoms with E-state index in [1.807, 2.05) is 20.2 Å². The van der Waals surface area contributed by atoms with Gasteiger partial charge in [-0.2, -0.15) is 26.3 Å². The zero-order chi connectivity index (χ0) is 28.6. The number of rotatable bonds is 6. The van der Waals surface area contributed by atoms with E-state index in [0.717, 1.165) is 38.2 Å². The summed E-state index contributed by atoms with van der Waals surface area (Å²) in [6.07, 6.45) is -6.72. The number of carbonyl (C=O) groups excluding carboxylic acids is 1. The number of likely N-dealkylation sites (N-methyl/N-ethyl adjacent to an activating group) is 1. The van der Waals surface area contributed by atoms with Crippen LogP contribution in [0.3, 0.4) is 0 Å². The molecule has 10 nitrogen and oxygen atoms in total. The average molecular weight is 546 g/mol. The first-order chi connectivity index (χ1) is 17.0. The van der Waals surface area contributed by atoms with E-state index in [-0.39, 0.29) is 0 Å². The van der Waals surface area contributed by atoms with Gasteiger partial charge in [-0.15, -0.1) is 0 Å². The van der Waals surface area contributed by atoms with Crippen LogP contribution in [-0.2, 0) is 20.9 Å². The summed E-state index contributed by atoms with van der Waals surface area (Å²) in [5.41, 5.74) is 1.09. The minimum Gasteiger partial charge on any atom is -0.481 e. The molecule has 37 heavy (non-hydrogen) atoms. The van der Waals surface area contributed by atoms with Gasteiger partial charge in [0, 0.05) is 56.4 Å². The Balaban J connectivity index is 0.000000404. The van der Waals surface area contributed by atoms with Gasteiger partial charge in [-0.05, 0) is 26.6 Å². The summed E-state index contributed by atoms with van der Waals surface area (Å²) in [4.78, 5) is 41.1. The number of likely N-dealkylation sites (tertiary alicyclic amines) is 2. The second-order valence-corrected chi connectivity index (χ2v) is 8.27. The van der Waals surface area contributed by atoms with Gasteiger partial charge >= 0.3 is 24.3 Å². The maximum atomic E-state index is 12.4. The Bertz CT molecular complexity index is 904. The summed E-state index contributed by atoms with van der Waals surface area (Å²) >= 11 is 0. The molecule has 1 aromatic heterocycles. The van der Waals surface area contributed by atoms with E-state index in [1.165, 1.54) is 0 Å². The predicted molar refractivity (Wildman–Crippen MR) is 116 cm³/mol. The second-order valence-electron chi connectivity index (χ2n) is 8.27. The van der Waals surface area contributed by atoms with Crippen LogP contribution in [0.25, 0.3) is 0 Å². The number of aromatic nitrogens is 1. The third-order valence-electron chi connectivity index (χ3n) is 5.42. The molecule has 210 valence electrons. The molecule has 0 saturated carbocycles. The summed E-state index contributed by atoms with van der Waals surface area (Å²) in [6, 6.07) is 4.69. The van der Waals surface area contributed by atoms with E-state index in [2.05, 4.69) is 25.8 Å². The molecule has 0 bridgehead atoms. The van der Waals surface area contributed by atoms with Crippen LogP contribution in [0, 0.1) is 0 Å². The lowest BCUT2D eigenvalue weighted by molar-refractivity contribution is -0.193. The average Bonchev–Trinajstić information content (AvgIpc) is 3.30. The number of fused-ring (bicyclic) bond motifs is 1. The molecule has 2 N–H and O–H groups in total. The lowest BCUT2D eigenvalue weighted by Crippen LogP contribution is -2.40. The quantitative estimate of drug-likeness (QED) is 0.517. The summed E-state index contributed by atoms with van der Waals surface area (Å²) < 4.78 is 68.8. The number of alkyl halides is 6. The summed E-state index contributed by atoms with van der Waals surface area (Å²) in [6.45, 7) is 3.58. The van der Waals surface area contributed by atoms with Crippen molar-refractivity contribution in [2.75, 3.05) is 40.8 Å². The van der Waals surface area contributed by atoms with Gasteiger partial charge in [0.2, 0.25) is 11.8 Å². The van der Waals surface area contributed by atoms with Crippen LogP contribution in [0.4, 0.5) is 26.3 Å². The Kier molecular flexibility index (Phi) is 11.6. The molecule has 16 heteroatoms. The van der Waals surface area contributed by atoms with Crippen molar-refractivity contribution in [1.29, 1.82) is 0 Å². The molecule has 1 amide bonds. The molecule has 2 aliphatic rings. The molecule has 2 fully saturated rings. The Morgan fingerprint density at radius 3 is 2.11 bits per heavy atom. The number of halogens is 6. The largest absolute Gasteiger partial charge is 0.490 e. The van der Waals surface area contributed by atoms with E-state index < -0.39 is 24.3 Å². The minimum absolute atomic E-state index is 0.296. The molecule has 0 aromatic carbocycles. The topological polar surface area (TPSA) is 124 Å². The number of pyridine rings is 1. The van der Waals surface area contributed by atoms with E-state index in [1.54, 1.807) is 13.3 Å². The Labute approximate surface area is 208 Å². The number of carboxylic acid groups (broad SMARTS) is 2. The zero-order valence-electron chi connectivity index (χ0n) is 20.2. The van der Waals surface area contributed by atoms with Gasteiger partial charge in [-0.25, -0.2) is 14.6 Å². The first-order valence-electron chi connectivity index (χ1n) is 10.7. The van der Waals surface area contributed by atoms with Gasteiger partial charge in [-0.1, -0.05) is 6.07 Å². The highest BCUT2D eigenvalue weighted by atomic mass is 19.4. The lowest BCUT2D eigenvalue weighted by atomic mass is 10.1. The minimum atomic E-state index is -5.08. The first kappa shape index (κ1) is 31.9. The summed E-state index contributed by atoms with van der Waals surface area (Å²) in [7, 11) is 5.75. The van der Waals surface area contributed by atoms with Crippen molar-refractivity contribution in [1.82, 2.24) is 19.7 Å². The van der Waals surface area contributed by atoms with Crippen LogP contribution in [-0.4, -0.2) is 113 Å². The molecule has 2 saturated heterocycles. The monoisotopic (exact) mass is 546 g/mol. The maximum Gasteiger partial charge on any atom is 0.490 e. The van der Waals surface area contributed by atoms with Gasteiger partial charge < -0.3 is 24.7 Å². The number of hydrogen-bond donors (Lipinski definition) is 2. The fourth-order valence-corrected chi connectivity index (χ4v) is 3.75. The number of methoxy groups -OCH3 is 1. The normalized spacial score (nSPS) is 19.5. The number of carboxylic acids is 2. The second kappa shape index (κ2) is 13.4. The molecule has 0 radical (unpaired) electrons. The van der Waals surface area contributed by atoms with Gasteiger partial charge in [0.1, 0.15) is 0 Å². The Hall–Kier alpha value is -3.14. The van der Waals surface area contributed by atoms with Crippen LogP contribution in [0.5, 0.6) is 5.88 Å². The van der Waals surface area contributed by atoms with Crippen molar-refractivity contribution in [3.05, 3.63) is 23.9 Å². The maximum absolute atomic E-state index is 12.4. The number of hydrogen-bond acceptors (Lipinski definition) is 7. The molecule has 3 rings (SSSR count). The van der Waals surface area contributed by atoms with Crippen molar-refractivity contribution < 1.29 is 55.7 Å². The molecule has 2 atom stereocenters. The highest BCUT2D eigenvalue weighted by Crippen LogP contribution is 2.34. The zero-order valence-corrected chi connectivity index (χ0v) is 20.2. The number of ether oxygens (including phenoxy) is 1. The highest BCUT2D eigenvalue weighted by Gasteiger charge is 2.46. The van der Waals surface area contributed by atoms with Crippen molar-refractivity contribution in [3.8, 4) is 5.88 Å². The fraction of sp³-hybridized carbons (Fsp3) is 0.619. The predicted octanol–water partition coefficient (Wildman–Crippen LogP) is 2.09. The van der Waals surface area contributed by atoms with E-state index in [0.29, 0.717) is 30.3 Å². The Morgan fingerprint density at radius 1 is 1.11 bits per heavy atom. The highest BCUT2D eigenvalue weighted by molar-refractivity contribution is 5.80. The van der Waals surface area contributed by atoms with E-state index in [4.69, 9.17) is 24.5 Å². The molecule has 2 aliphatic heterocycles. The smallest absolute Gasteiger partial charge is 0.481 e. The summed E-state index contributed by atoms with van der Waals surface area (Å²) in [5, 5.41) is 14.2. The van der Waals surface area contributed by atoms with Gasteiger partial charge in [0.25, 0.3) is 0 Å². The number of carbonyl (C=O) groups is 3. The number of aliphatic carboxylic acids is 2. The Morgan fingerprint density at radius 2 is 1.65 bits per heavy atom. The molecular weight excluding hydrogens is 518 g/mol. The van der Waals surface area contributed by atoms with Crippen LogP contribution in [0.1, 0.15) is 18.4 Å². The van der Waals surface area contributed by atoms with Crippen molar-refractivity contribution >= 4 is 17.8 Å². The van der Waals surface area contributed by atoms with Crippen molar-refractivity contribution in [3.63, 3.8) is 0 Å². The fourth-order valence-electron chi connectivity index (χ4n) is 3.75. The van der Waals surface area contributed by atoms with Gasteiger partial charge in [0.15, 0.2) is 0 Å². The molecule has 0 unspecified atom stereocenters. The molecule has 0 aliphatic carbocycles. The van der Waals surface area contributed by atoms with Gasteiger partial charge in [-0.3, -0.25) is 9.69 Å². The van der Waals surface area contributed by atoms with Crippen LogP contribution in [0.15, 0.2) is 18.3 Å². The van der Waals surface area contributed by atoms with Crippen LogP contribution >= 0.6 is 0 Å². The van der Waals surface area contributed by atoms with Crippen LogP contribution in [0.2, 0.25) is 0 Å². The number of amides is 1. The lowest BCUT2D eigenvalue weighted by Gasteiger charge is -2.26. The third-order valence-corrected chi connectivity index (χ3v) is 5.42. The molecule has 3 heterocycles. The third kappa shape index (κ3) is 10.0. The SMILES string of the molecule is COc1ncccc1CN1CC[C@@H]2[C@@H]1CC(=O)N2CCN(C)C.O=C(O)C(F)(F)F.O=C(O)C(F)(F)F. The van der Waals surface area contributed by atoms with Gasteiger partial charge in [0.05, 0.1) is 7.11 Å². The molecule has 1 aromatic rings. The summed E-state index contributed by atoms with van der Waals surface area (Å²) in [5.74, 6) is -4.53. The standard InChI is InChI=1S/C17H26N4O2.2C2HF3O2/c1-19(2)9-10-21-14-6-8-20(15(14)11-16(21)22)12-13-5-4-7-18-17(13)23-3;2*3-2(4,5)1(6)7/h4-5,7,14-15H,6,8-12H2,1-3H3;2*(H,6,7)/t14-,15+;;/m1../s1. The van der Waals surface area contributed by atoms with Crippen molar-refractivity contribution in [2.24, 2.45) is 0 Å². The van der Waals surface area contributed by atoms with Crippen LogP contribution < -0.4 is 4.74 Å². The van der Waals surface area contributed by atoms with E-state index >= 15 is 0 Å². The molecule has 0 spiro atoms. The van der Waals surface area contributed by atoms with E-state index in [9.17, 15) is 31.1 Å².